The van der Waals surface area contributed by atoms with Gasteiger partial charge in [-0.3, -0.25) is 0 Å². The Hall–Kier alpha value is -2.38. The SMILES string of the molecule is C=CCOC(=O)O[C@H](CCCCCCCCCCC)CCO[C@H]1[C@@H](O/C=C/C)O[C@H](CO[Si](C)(C)C(C)(C)C)[C@@H](OC(=O)OCC=C)[C@@H]1OCCCCCCCCCCCC. The highest BCUT2D eigenvalue weighted by molar-refractivity contribution is 6.74. The molecule has 1 saturated heterocycles. The molecule has 12 heteroatoms. The van der Waals surface area contributed by atoms with E-state index in [1.54, 1.807) is 12.3 Å². The maximum absolute atomic E-state index is 13.2. The Morgan fingerprint density at radius 3 is 1.70 bits per heavy atom. The molecule has 0 spiro atoms. The smallest absolute Gasteiger partial charge is 0.470 e. The molecule has 0 radical (unpaired) electrons. The lowest BCUT2D eigenvalue weighted by Crippen LogP contribution is -2.62. The summed E-state index contributed by atoms with van der Waals surface area (Å²) >= 11 is 0. The maximum Gasteiger partial charge on any atom is 0.509 e. The second kappa shape index (κ2) is 35.0. The number of allylic oxidation sites excluding steroid dienone is 1. The summed E-state index contributed by atoms with van der Waals surface area (Å²) in [5, 5.41) is -0.0657. The van der Waals surface area contributed by atoms with Crippen molar-refractivity contribution >= 4 is 20.6 Å². The van der Waals surface area contributed by atoms with E-state index in [0.717, 1.165) is 38.5 Å². The molecule has 1 aliphatic heterocycles. The number of hydrogen-bond donors (Lipinski definition) is 0. The molecule has 1 rings (SSSR count). The van der Waals surface area contributed by atoms with Crippen LogP contribution in [0.3, 0.4) is 0 Å². The first kappa shape index (κ1) is 56.6. The minimum Gasteiger partial charge on any atom is -0.470 e. The van der Waals surface area contributed by atoms with Crippen molar-refractivity contribution in [3.05, 3.63) is 37.6 Å². The monoisotopic (exact) mass is 883 g/mol. The van der Waals surface area contributed by atoms with E-state index in [-0.39, 0.29) is 31.5 Å². The number of carbonyl (C=O) groups is 2. The Morgan fingerprint density at radius 2 is 1.18 bits per heavy atom. The molecule has 1 heterocycles. The van der Waals surface area contributed by atoms with E-state index >= 15 is 0 Å². The van der Waals surface area contributed by atoms with Gasteiger partial charge in [0, 0.05) is 13.0 Å². The Balaban J connectivity index is 3.30. The molecule has 0 N–H and O–H groups in total. The quantitative estimate of drug-likeness (QED) is 0.0195. The van der Waals surface area contributed by atoms with Gasteiger partial charge in [-0.2, -0.15) is 0 Å². The Labute approximate surface area is 373 Å². The van der Waals surface area contributed by atoms with Gasteiger partial charge < -0.3 is 42.3 Å². The van der Waals surface area contributed by atoms with E-state index < -0.39 is 57.4 Å². The van der Waals surface area contributed by atoms with Crippen LogP contribution in [-0.4, -0.2) is 90.5 Å². The van der Waals surface area contributed by atoms with Crippen LogP contribution in [-0.2, 0) is 42.3 Å². The van der Waals surface area contributed by atoms with Crippen molar-refractivity contribution in [2.75, 3.05) is 33.0 Å². The van der Waals surface area contributed by atoms with Gasteiger partial charge in [-0.1, -0.05) is 175 Å². The lowest BCUT2D eigenvalue weighted by molar-refractivity contribution is -0.305. The molecule has 0 amide bonds. The van der Waals surface area contributed by atoms with Crippen LogP contribution < -0.4 is 0 Å². The van der Waals surface area contributed by atoms with Crippen molar-refractivity contribution in [2.45, 2.75) is 231 Å². The molecule has 0 saturated carbocycles. The zero-order valence-electron chi connectivity index (χ0n) is 40.1. The molecule has 0 aromatic carbocycles. The fourth-order valence-corrected chi connectivity index (χ4v) is 7.97. The van der Waals surface area contributed by atoms with Gasteiger partial charge in [0.25, 0.3) is 0 Å². The largest absolute Gasteiger partial charge is 0.509 e. The molecular weight excluding hydrogens is 793 g/mol. The van der Waals surface area contributed by atoms with E-state index in [2.05, 4.69) is 60.9 Å². The topological polar surface area (TPSA) is 117 Å². The van der Waals surface area contributed by atoms with E-state index in [1.807, 2.05) is 6.92 Å². The van der Waals surface area contributed by atoms with E-state index in [9.17, 15) is 9.59 Å². The lowest BCUT2D eigenvalue weighted by atomic mass is 9.98. The Kier molecular flexibility index (Phi) is 32.5. The number of unbranched alkanes of at least 4 members (excludes halogenated alkanes) is 17. The molecule has 1 aliphatic rings. The number of rotatable bonds is 37. The van der Waals surface area contributed by atoms with Crippen LogP contribution in [0.4, 0.5) is 9.59 Å². The van der Waals surface area contributed by atoms with Crippen LogP contribution in [0.25, 0.3) is 0 Å². The molecule has 6 atom stereocenters. The predicted molar refractivity (Wildman–Crippen MR) is 248 cm³/mol. The van der Waals surface area contributed by atoms with Gasteiger partial charge in [0.15, 0.2) is 14.4 Å². The van der Waals surface area contributed by atoms with Crippen molar-refractivity contribution in [2.24, 2.45) is 0 Å². The number of hydrogen-bond acceptors (Lipinski definition) is 11. The zero-order chi connectivity index (χ0) is 45.2. The summed E-state index contributed by atoms with van der Waals surface area (Å²) in [6, 6.07) is 0. The Morgan fingerprint density at radius 1 is 0.672 bits per heavy atom. The molecule has 0 aromatic heterocycles. The summed E-state index contributed by atoms with van der Waals surface area (Å²) in [7, 11) is -2.25. The normalized spacial score (nSPS) is 20.0. The highest BCUT2D eigenvalue weighted by Gasteiger charge is 2.52. The van der Waals surface area contributed by atoms with Crippen molar-refractivity contribution in [1.29, 1.82) is 0 Å². The maximum atomic E-state index is 13.2. The second-order valence-corrected chi connectivity index (χ2v) is 22.8. The molecule has 356 valence electrons. The van der Waals surface area contributed by atoms with Crippen molar-refractivity contribution in [3.8, 4) is 0 Å². The third-order valence-electron chi connectivity index (χ3n) is 11.7. The van der Waals surface area contributed by atoms with Gasteiger partial charge in [-0.25, -0.2) is 9.59 Å². The third-order valence-corrected chi connectivity index (χ3v) is 16.2. The van der Waals surface area contributed by atoms with E-state index in [4.69, 9.17) is 42.3 Å². The van der Waals surface area contributed by atoms with Gasteiger partial charge in [-0.05, 0) is 44.3 Å². The number of ether oxygens (including phenoxy) is 8. The molecule has 0 aromatic rings. The van der Waals surface area contributed by atoms with Crippen LogP contribution in [0, 0.1) is 0 Å². The number of carbonyl (C=O) groups excluding carboxylic acids is 2. The molecular formula is C49H90O11Si. The summed E-state index contributed by atoms with van der Waals surface area (Å²) in [6.07, 6.45) is 23.8. The first-order chi connectivity index (χ1) is 29.3. The third kappa shape index (κ3) is 26.1. The van der Waals surface area contributed by atoms with Crippen molar-refractivity contribution in [1.82, 2.24) is 0 Å². The average Bonchev–Trinajstić information content (AvgIpc) is 3.22. The standard InChI is InChI=1S/C49H90O11Si/c1-11-16-18-20-22-24-26-28-30-32-38-52-44-43(60-48(51)56-37-15-5)42(40-57-61(9,10)49(6,7)8)59-46(54-35-13-3)45(44)53-39-34-41(58-47(50)55-36-14-4)33-31-29-27-25-23-21-19-17-12-2/h13-15,35,41-46H,4-5,11-12,16-34,36-40H2,1-3,6-10H3/b35-13+/t41-,42-,43-,44+,45-,46+/m1/s1. The predicted octanol–water partition coefficient (Wildman–Crippen LogP) is 13.7. The molecule has 11 nitrogen and oxygen atoms in total. The van der Waals surface area contributed by atoms with Crippen molar-refractivity contribution < 1.29 is 51.9 Å². The van der Waals surface area contributed by atoms with E-state index in [0.29, 0.717) is 19.4 Å². The van der Waals surface area contributed by atoms with E-state index in [1.165, 1.54) is 95.6 Å². The molecule has 0 aliphatic carbocycles. The van der Waals surface area contributed by atoms with Gasteiger partial charge in [0.1, 0.15) is 37.6 Å². The second-order valence-electron chi connectivity index (χ2n) is 18.0. The summed E-state index contributed by atoms with van der Waals surface area (Å²) in [5.74, 6) is 0. The molecule has 0 unspecified atom stereocenters. The first-order valence-corrected chi connectivity index (χ1v) is 26.9. The average molecular weight is 883 g/mol. The van der Waals surface area contributed by atoms with Gasteiger partial charge in [0.05, 0.1) is 19.5 Å². The van der Waals surface area contributed by atoms with Crippen LogP contribution in [0.15, 0.2) is 37.6 Å². The summed E-state index contributed by atoms with van der Waals surface area (Å²) in [5.41, 5.74) is 0. The van der Waals surface area contributed by atoms with Gasteiger partial charge in [-0.15, -0.1) is 0 Å². The zero-order valence-corrected chi connectivity index (χ0v) is 41.1. The highest BCUT2D eigenvalue weighted by atomic mass is 28.4. The van der Waals surface area contributed by atoms with Crippen LogP contribution in [0.5, 0.6) is 0 Å². The summed E-state index contributed by atoms with van der Waals surface area (Å²) < 4.78 is 55.2. The fraction of sp³-hybridized carbons (Fsp3) is 0.837. The molecule has 0 bridgehead atoms. The minimum atomic E-state index is -2.25. The van der Waals surface area contributed by atoms with Crippen LogP contribution in [0.2, 0.25) is 18.1 Å². The van der Waals surface area contributed by atoms with Gasteiger partial charge >= 0.3 is 12.3 Å². The van der Waals surface area contributed by atoms with Crippen LogP contribution in [0.1, 0.15) is 176 Å². The van der Waals surface area contributed by atoms with Crippen molar-refractivity contribution in [3.63, 3.8) is 0 Å². The highest BCUT2D eigenvalue weighted by Crippen LogP contribution is 2.38. The van der Waals surface area contributed by atoms with Gasteiger partial charge in [0.2, 0.25) is 6.29 Å². The summed E-state index contributed by atoms with van der Waals surface area (Å²) in [4.78, 5) is 25.8. The first-order valence-electron chi connectivity index (χ1n) is 24.0. The lowest BCUT2D eigenvalue weighted by Gasteiger charge is -2.46. The molecule has 61 heavy (non-hydrogen) atoms. The minimum absolute atomic E-state index is 0.00971. The molecule has 1 fully saturated rings. The van der Waals surface area contributed by atoms with Crippen LogP contribution >= 0.6 is 0 Å². The Bertz CT molecular complexity index is 1160. The summed E-state index contributed by atoms with van der Waals surface area (Å²) in [6.45, 7) is 25.3. The fourth-order valence-electron chi connectivity index (χ4n) is 6.95.